The van der Waals surface area contributed by atoms with E-state index in [1.807, 2.05) is 30.3 Å². The summed E-state index contributed by atoms with van der Waals surface area (Å²) in [7, 11) is 0. The van der Waals surface area contributed by atoms with Crippen molar-refractivity contribution in [3.8, 4) is 0 Å². The van der Waals surface area contributed by atoms with E-state index in [1.54, 1.807) is 24.4 Å². The van der Waals surface area contributed by atoms with E-state index in [9.17, 15) is 14.4 Å². The number of aromatic nitrogens is 2. The standard InChI is InChI=1S/C24H21N5O3/c1-13(30)25-11-17-10-19-18-9-15(6-7-21(18)29-22(19)24(32)28-17)23(31)27-16-8-14-4-2-3-5-20(14)26-12-16/h2-9,12,17,29H,10-11H2,1H3,(H,25,30)(H,27,31)(H,28,32). The number of carbonyl (C=O) groups excluding carboxylic acids is 3. The first-order chi connectivity index (χ1) is 15.5. The van der Waals surface area contributed by atoms with Gasteiger partial charge in [0, 0.05) is 35.3 Å². The second kappa shape index (κ2) is 7.81. The molecule has 0 saturated carbocycles. The molecule has 3 amide bonds. The van der Waals surface area contributed by atoms with Gasteiger partial charge in [-0.05, 0) is 42.3 Å². The maximum Gasteiger partial charge on any atom is 0.268 e. The van der Waals surface area contributed by atoms with Gasteiger partial charge in [-0.25, -0.2) is 0 Å². The van der Waals surface area contributed by atoms with Crippen molar-refractivity contribution in [2.75, 3.05) is 11.9 Å². The largest absolute Gasteiger partial charge is 0.354 e. The summed E-state index contributed by atoms with van der Waals surface area (Å²) in [6.07, 6.45) is 2.19. The maximum absolute atomic E-state index is 12.9. The highest BCUT2D eigenvalue weighted by Gasteiger charge is 2.28. The summed E-state index contributed by atoms with van der Waals surface area (Å²) >= 11 is 0. The lowest BCUT2D eigenvalue weighted by molar-refractivity contribution is -0.119. The maximum atomic E-state index is 12.9. The van der Waals surface area contributed by atoms with Gasteiger partial charge in [-0.3, -0.25) is 19.4 Å². The highest BCUT2D eigenvalue weighted by molar-refractivity contribution is 6.09. The van der Waals surface area contributed by atoms with Crippen LogP contribution in [0.1, 0.15) is 33.3 Å². The van der Waals surface area contributed by atoms with Gasteiger partial charge in [0.25, 0.3) is 11.8 Å². The van der Waals surface area contributed by atoms with Crippen LogP contribution < -0.4 is 16.0 Å². The predicted molar refractivity (Wildman–Crippen MR) is 122 cm³/mol. The van der Waals surface area contributed by atoms with Crippen LogP contribution in [0.2, 0.25) is 0 Å². The van der Waals surface area contributed by atoms with Gasteiger partial charge in [-0.15, -0.1) is 0 Å². The van der Waals surface area contributed by atoms with Crippen LogP contribution in [0, 0.1) is 0 Å². The fourth-order valence-electron chi connectivity index (χ4n) is 4.08. The smallest absolute Gasteiger partial charge is 0.268 e. The van der Waals surface area contributed by atoms with Crippen LogP contribution in [0.4, 0.5) is 5.69 Å². The molecule has 0 bridgehead atoms. The van der Waals surface area contributed by atoms with Crippen LogP contribution in [0.15, 0.2) is 54.7 Å². The molecule has 0 spiro atoms. The molecular weight excluding hydrogens is 406 g/mol. The summed E-state index contributed by atoms with van der Waals surface area (Å²) in [5.41, 5.74) is 4.08. The summed E-state index contributed by atoms with van der Waals surface area (Å²) < 4.78 is 0. The Labute approximate surface area is 183 Å². The molecule has 1 aliphatic rings. The van der Waals surface area contributed by atoms with E-state index < -0.39 is 0 Å². The molecule has 1 aliphatic heterocycles. The van der Waals surface area contributed by atoms with E-state index in [2.05, 4.69) is 25.9 Å². The number of hydrogen-bond donors (Lipinski definition) is 4. The number of nitrogens with zero attached hydrogens (tertiary/aromatic N) is 1. The molecule has 160 valence electrons. The second-order valence-corrected chi connectivity index (χ2v) is 7.92. The molecule has 0 saturated heterocycles. The van der Waals surface area contributed by atoms with E-state index in [-0.39, 0.29) is 23.8 Å². The van der Waals surface area contributed by atoms with Gasteiger partial charge < -0.3 is 20.9 Å². The molecule has 3 heterocycles. The van der Waals surface area contributed by atoms with Crippen LogP contribution in [-0.4, -0.2) is 40.3 Å². The third-order valence-corrected chi connectivity index (χ3v) is 5.63. The number of hydrogen-bond acceptors (Lipinski definition) is 4. The number of benzene rings is 2. The minimum Gasteiger partial charge on any atom is -0.354 e. The molecule has 1 atom stereocenters. The van der Waals surface area contributed by atoms with Crippen LogP contribution >= 0.6 is 0 Å². The SMILES string of the molecule is CC(=O)NCC1Cc2c([nH]c3ccc(C(=O)Nc4cnc5ccccc5c4)cc23)C(=O)N1. The summed E-state index contributed by atoms with van der Waals surface area (Å²) in [5.74, 6) is -0.619. The predicted octanol–water partition coefficient (Wildman–Crippen LogP) is 2.76. The zero-order chi connectivity index (χ0) is 22.2. The number of aromatic amines is 1. The Morgan fingerprint density at radius 2 is 2.00 bits per heavy atom. The quantitative estimate of drug-likeness (QED) is 0.401. The first-order valence-electron chi connectivity index (χ1n) is 10.3. The van der Waals surface area contributed by atoms with Gasteiger partial charge >= 0.3 is 0 Å². The fourth-order valence-corrected chi connectivity index (χ4v) is 4.08. The van der Waals surface area contributed by atoms with Crippen molar-refractivity contribution in [1.29, 1.82) is 0 Å². The molecule has 5 rings (SSSR count). The third-order valence-electron chi connectivity index (χ3n) is 5.63. The number of amides is 3. The molecule has 32 heavy (non-hydrogen) atoms. The lowest BCUT2D eigenvalue weighted by Crippen LogP contribution is -2.47. The Hall–Kier alpha value is -4.20. The van der Waals surface area contributed by atoms with Gasteiger partial charge in [0.1, 0.15) is 5.69 Å². The number of pyridine rings is 1. The van der Waals surface area contributed by atoms with Crippen molar-refractivity contribution in [2.24, 2.45) is 0 Å². The van der Waals surface area contributed by atoms with Crippen LogP contribution in [0.5, 0.6) is 0 Å². The Kier molecular flexibility index (Phi) is 4.82. The monoisotopic (exact) mass is 427 g/mol. The van der Waals surface area contributed by atoms with Crippen molar-refractivity contribution in [3.05, 3.63) is 71.5 Å². The number of rotatable bonds is 4. The van der Waals surface area contributed by atoms with Crippen LogP contribution in [0.3, 0.4) is 0 Å². The second-order valence-electron chi connectivity index (χ2n) is 7.92. The summed E-state index contributed by atoms with van der Waals surface area (Å²) in [6.45, 7) is 1.79. The van der Waals surface area contributed by atoms with Crippen molar-refractivity contribution in [2.45, 2.75) is 19.4 Å². The molecular formula is C24H21N5O3. The molecule has 4 N–H and O–H groups in total. The number of para-hydroxylation sites is 1. The number of H-pyrrole nitrogens is 1. The van der Waals surface area contributed by atoms with Gasteiger partial charge in [-0.1, -0.05) is 18.2 Å². The number of carbonyl (C=O) groups is 3. The number of fused-ring (bicyclic) bond motifs is 4. The average molecular weight is 427 g/mol. The highest BCUT2D eigenvalue weighted by Crippen LogP contribution is 2.28. The zero-order valence-corrected chi connectivity index (χ0v) is 17.4. The van der Waals surface area contributed by atoms with Crippen LogP contribution in [0.25, 0.3) is 21.8 Å². The fraction of sp³-hybridized carbons (Fsp3) is 0.167. The molecule has 1 unspecified atom stereocenters. The topological polar surface area (TPSA) is 116 Å². The molecule has 8 nitrogen and oxygen atoms in total. The first kappa shape index (κ1) is 19.7. The van der Waals surface area contributed by atoms with Gasteiger partial charge in [-0.2, -0.15) is 0 Å². The van der Waals surface area contributed by atoms with E-state index in [0.29, 0.717) is 29.9 Å². The highest BCUT2D eigenvalue weighted by atomic mass is 16.2. The van der Waals surface area contributed by atoms with Crippen molar-refractivity contribution >= 4 is 45.2 Å². The normalized spacial score (nSPS) is 15.3. The number of nitrogens with one attached hydrogen (secondary N) is 4. The Morgan fingerprint density at radius 1 is 1.16 bits per heavy atom. The van der Waals surface area contributed by atoms with E-state index >= 15 is 0 Å². The Bertz CT molecular complexity index is 1390. The minimum absolute atomic E-state index is 0.147. The summed E-state index contributed by atoms with van der Waals surface area (Å²) in [5, 5.41) is 10.3. The minimum atomic E-state index is -0.256. The van der Waals surface area contributed by atoms with Crippen LogP contribution in [-0.2, 0) is 11.2 Å². The van der Waals surface area contributed by atoms with E-state index in [1.165, 1.54) is 6.92 Å². The lowest BCUT2D eigenvalue weighted by atomic mass is 9.97. The number of anilines is 1. The Morgan fingerprint density at radius 3 is 2.84 bits per heavy atom. The van der Waals surface area contributed by atoms with Crippen molar-refractivity contribution in [3.63, 3.8) is 0 Å². The average Bonchev–Trinajstić information content (AvgIpc) is 3.16. The third kappa shape index (κ3) is 3.66. The lowest BCUT2D eigenvalue weighted by Gasteiger charge is -2.23. The molecule has 0 aliphatic carbocycles. The molecule has 2 aromatic carbocycles. The molecule has 0 radical (unpaired) electrons. The van der Waals surface area contributed by atoms with Gasteiger partial charge in [0.15, 0.2) is 0 Å². The molecule has 4 aromatic rings. The van der Waals surface area contributed by atoms with Crippen molar-refractivity contribution < 1.29 is 14.4 Å². The summed E-state index contributed by atoms with van der Waals surface area (Å²) in [6, 6.07) is 14.7. The molecule has 0 fully saturated rings. The first-order valence-corrected chi connectivity index (χ1v) is 10.3. The molecule has 2 aromatic heterocycles. The zero-order valence-electron chi connectivity index (χ0n) is 17.4. The van der Waals surface area contributed by atoms with Gasteiger partial charge in [0.05, 0.1) is 23.4 Å². The summed E-state index contributed by atoms with van der Waals surface area (Å²) in [4.78, 5) is 44.2. The molecule has 8 heteroatoms. The van der Waals surface area contributed by atoms with E-state index in [4.69, 9.17) is 0 Å². The Balaban J connectivity index is 1.42. The van der Waals surface area contributed by atoms with Crippen molar-refractivity contribution in [1.82, 2.24) is 20.6 Å². The van der Waals surface area contributed by atoms with Gasteiger partial charge in [0.2, 0.25) is 5.91 Å². The van der Waals surface area contributed by atoms with E-state index in [0.717, 1.165) is 27.4 Å².